The highest BCUT2D eigenvalue weighted by Crippen LogP contribution is 2.24. The number of hydrogen-bond acceptors (Lipinski definition) is 5. The summed E-state index contributed by atoms with van der Waals surface area (Å²) in [6.45, 7) is 0.510. The molecule has 0 atom stereocenters. The number of hydrogen-bond donors (Lipinski definition) is 0. The smallest absolute Gasteiger partial charge is 0.224 e. The van der Waals surface area contributed by atoms with Crippen LogP contribution < -0.4 is 0 Å². The van der Waals surface area contributed by atoms with Crippen LogP contribution in [0.3, 0.4) is 0 Å². The summed E-state index contributed by atoms with van der Waals surface area (Å²) in [5.74, 6) is 0. The molecule has 5 nitrogen and oxygen atoms in total. The van der Waals surface area contributed by atoms with Crippen molar-refractivity contribution < 1.29 is 13.2 Å². The molecule has 20 heavy (non-hydrogen) atoms. The van der Waals surface area contributed by atoms with Crippen molar-refractivity contribution in [3.63, 3.8) is 0 Å². The van der Waals surface area contributed by atoms with Crippen molar-refractivity contribution in [1.82, 2.24) is 9.19 Å². The molecule has 0 radical (unpaired) electrons. The summed E-state index contributed by atoms with van der Waals surface area (Å²) in [4.78, 5) is 0.272. The van der Waals surface area contributed by atoms with E-state index in [1.165, 1.54) is 16.0 Å². The molecule has 1 aromatic heterocycles. The van der Waals surface area contributed by atoms with Gasteiger partial charge in [0, 0.05) is 19.8 Å². The SMILES string of the molecule is COCCc1cc(S(=O)(=O)c2ccccc2)n(SC)n1. The molecule has 0 N–H and O–H groups in total. The fraction of sp³-hybridized carbons (Fsp3) is 0.308. The Balaban J connectivity index is 2.43. The maximum absolute atomic E-state index is 12.6. The first-order valence-corrected chi connectivity index (χ1v) is 8.68. The molecule has 108 valence electrons. The summed E-state index contributed by atoms with van der Waals surface area (Å²) >= 11 is 1.26. The average molecular weight is 312 g/mol. The minimum absolute atomic E-state index is 0.197. The standard InChI is InChI=1S/C13H16N2O3S2/c1-18-9-8-11-10-13(15(14-11)19-2)20(16,17)12-6-4-3-5-7-12/h3-7,10H,8-9H2,1-2H3. The van der Waals surface area contributed by atoms with E-state index in [0.717, 1.165) is 0 Å². The maximum Gasteiger partial charge on any atom is 0.224 e. The molecule has 2 aromatic rings. The zero-order valence-corrected chi connectivity index (χ0v) is 12.9. The van der Waals surface area contributed by atoms with Gasteiger partial charge in [-0.15, -0.1) is 0 Å². The summed E-state index contributed by atoms with van der Waals surface area (Å²) in [6, 6.07) is 9.98. The van der Waals surface area contributed by atoms with Gasteiger partial charge in [0.25, 0.3) is 0 Å². The topological polar surface area (TPSA) is 61.2 Å². The van der Waals surface area contributed by atoms with Crippen LogP contribution in [0, 0.1) is 0 Å². The van der Waals surface area contributed by atoms with Crippen molar-refractivity contribution in [2.75, 3.05) is 20.0 Å². The zero-order chi connectivity index (χ0) is 14.6. The van der Waals surface area contributed by atoms with E-state index in [2.05, 4.69) is 5.10 Å². The first-order chi connectivity index (χ1) is 9.59. The van der Waals surface area contributed by atoms with Gasteiger partial charge in [0.05, 0.1) is 17.2 Å². The third kappa shape index (κ3) is 3.05. The average Bonchev–Trinajstić information content (AvgIpc) is 2.90. The van der Waals surface area contributed by atoms with Gasteiger partial charge >= 0.3 is 0 Å². The molecule has 7 heteroatoms. The second-order valence-corrected chi connectivity index (χ2v) is 6.70. The molecule has 0 aliphatic heterocycles. The Bertz CT molecular complexity index is 666. The Morgan fingerprint density at radius 2 is 2.00 bits per heavy atom. The largest absolute Gasteiger partial charge is 0.384 e. The first kappa shape index (κ1) is 15.1. The van der Waals surface area contributed by atoms with E-state index < -0.39 is 9.84 Å². The molecule has 0 spiro atoms. The number of rotatable bonds is 6. The van der Waals surface area contributed by atoms with Gasteiger partial charge in [-0.25, -0.2) is 8.42 Å². The van der Waals surface area contributed by atoms with Crippen LogP contribution in [0.1, 0.15) is 5.69 Å². The molecule has 1 heterocycles. The van der Waals surface area contributed by atoms with Crippen molar-refractivity contribution >= 4 is 21.8 Å². The number of benzene rings is 1. The number of methoxy groups -OCH3 is 1. The van der Waals surface area contributed by atoms with E-state index in [-0.39, 0.29) is 9.92 Å². The number of aromatic nitrogens is 2. The summed E-state index contributed by atoms with van der Waals surface area (Å²) in [6.07, 6.45) is 2.37. The van der Waals surface area contributed by atoms with E-state index in [0.29, 0.717) is 18.7 Å². The molecule has 0 bridgehead atoms. The predicted octanol–water partition coefficient (Wildman–Crippen LogP) is 2.03. The van der Waals surface area contributed by atoms with Gasteiger partial charge in [-0.1, -0.05) is 18.2 Å². The fourth-order valence-electron chi connectivity index (χ4n) is 1.75. The van der Waals surface area contributed by atoms with Crippen LogP contribution in [0.15, 0.2) is 46.3 Å². The molecule has 0 saturated carbocycles. The minimum atomic E-state index is -3.55. The predicted molar refractivity (Wildman–Crippen MR) is 78.6 cm³/mol. The van der Waals surface area contributed by atoms with Crippen molar-refractivity contribution in [3.8, 4) is 0 Å². The molecular weight excluding hydrogens is 296 g/mol. The molecule has 0 amide bonds. The molecule has 0 aliphatic rings. The lowest BCUT2D eigenvalue weighted by atomic mass is 10.3. The van der Waals surface area contributed by atoms with Gasteiger partial charge in [-0.2, -0.15) is 9.19 Å². The monoisotopic (exact) mass is 312 g/mol. The molecule has 0 unspecified atom stereocenters. The third-order valence-corrected chi connectivity index (χ3v) is 5.24. The van der Waals surface area contributed by atoms with Crippen LogP contribution in [-0.4, -0.2) is 37.6 Å². The molecule has 1 aromatic carbocycles. The van der Waals surface area contributed by atoms with E-state index >= 15 is 0 Å². The highest BCUT2D eigenvalue weighted by Gasteiger charge is 2.23. The second kappa shape index (κ2) is 6.43. The lowest BCUT2D eigenvalue weighted by Crippen LogP contribution is -2.06. The highest BCUT2D eigenvalue weighted by atomic mass is 32.2. The van der Waals surface area contributed by atoms with Crippen molar-refractivity contribution in [1.29, 1.82) is 0 Å². The second-order valence-electron chi connectivity index (χ2n) is 4.09. The van der Waals surface area contributed by atoms with Gasteiger partial charge in [0.1, 0.15) is 0 Å². The molecule has 0 aliphatic carbocycles. The van der Waals surface area contributed by atoms with Gasteiger partial charge in [0.2, 0.25) is 9.84 Å². The minimum Gasteiger partial charge on any atom is -0.384 e. The van der Waals surface area contributed by atoms with Crippen molar-refractivity contribution in [2.45, 2.75) is 16.3 Å². The van der Waals surface area contributed by atoms with Crippen LogP contribution in [0.25, 0.3) is 0 Å². The Morgan fingerprint density at radius 3 is 2.60 bits per heavy atom. The normalized spacial score (nSPS) is 11.7. The number of ether oxygens (including phenoxy) is 1. The van der Waals surface area contributed by atoms with Crippen LogP contribution >= 0.6 is 11.9 Å². The number of sulfone groups is 1. The lowest BCUT2D eigenvalue weighted by Gasteiger charge is -2.04. The van der Waals surface area contributed by atoms with E-state index in [4.69, 9.17) is 4.74 Å². The lowest BCUT2D eigenvalue weighted by molar-refractivity contribution is 0.201. The van der Waals surface area contributed by atoms with Crippen molar-refractivity contribution in [3.05, 3.63) is 42.1 Å². The van der Waals surface area contributed by atoms with Crippen LogP contribution in [0.5, 0.6) is 0 Å². The molecular formula is C13H16N2O3S2. The van der Waals surface area contributed by atoms with E-state index in [9.17, 15) is 8.42 Å². The first-order valence-electron chi connectivity index (χ1n) is 6.02. The van der Waals surface area contributed by atoms with Crippen LogP contribution in [0.4, 0.5) is 0 Å². The van der Waals surface area contributed by atoms with Crippen molar-refractivity contribution in [2.24, 2.45) is 0 Å². The molecule has 0 fully saturated rings. The Hall–Kier alpha value is -1.31. The zero-order valence-electron chi connectivity index (χ0n) is 11.3. The van der Waals surface area contributed by atoms with Gasteiger partial charge in [0.15, 0.2) is 5.03 Å². The quantitative estimate of drug-likeness (QED) is 0.817. The molecule has 2 rings (SSSR count). The maximum atomic E-state index is 12.6. The third-order valence-electron chi connectivity index (χ3n) is 2.76. The summed E-state index contributed by atoms with van der Waals surface area (Å²) in [5.41, 5.74) is 0.704. The van der Waals surface area contributed by atoms with Gasteiger partial charge in [-0.3, -0.25) is 0 Å². The fourth-order valence-corrected chi connectivity index (χ4v) is 3.98. The Labute approximate surface area is 123 Å². The van der Waals surface area contributed by atoms with Crippen LogP contribution in [-0.2, 0) is 21.0 Å². The van der Waals surface area contributed by atoms with E-state index in [1.54, 1.807) is 49.8 Å². The van der Waals surface area contributed by atoms with Crippen LogP contribution in [0.2, 0.25) is 0 Å². The summed E-state index contributed by atoms with van der Waals surface area (Å²) in [7, 11) is -1.94. The summed E-state index contributed by atoms with van der Waals surface area (Å²) < 4.78 is 31.6. The van der Waals surface area contributed by atoms with E-state index in [1.807, 2.05) is 0 Å². The Kier molecular flexibility index (Phi) is 4.85. The number of nitrogens with zero attached hydrogens (tertiary/aromatic N) is 2. The Morgan fingerprint density at radius 1 is 1.30 bits per heavy atom. The van der Waals surface area contributed by atoms with Gasteiger partial charge in [-0.05, 0) is 30.1 Å². The molecule has 0 saturated heterocycles. The highest BCUT2D eigenvalue weighted by molar-refractivity contribution is 7.98. The summed E-state index contributed by atoms with van der Waals surface area (Å²) in [5, 5.41) is 4.48. The van der Waals surface area contributed by atoms with Gasteiger partial charge < -0.3 is 4.74 Å².